The molecule has 0 saturated carbocycles. The number of amides is 1. The van der Waals surface area contributed by atoms with Crippen molar-refractivity contribution in [1.29, 1.82) is 0 Å². The number of hydrogen-bond acceptors (Lipinski definition) is 8. The van der Waals surface area contributed by atoms with Crippen LogP contribution < -0.4 is 14.8 Å². The molecule has 11 heteroatoms. The van der Waals surface area contributed by atoms with Gasteiger partial charge in [0.05, 0.1) is 26.2 Å². The number of anilines is 1. The van der Waals surface area contributed by atoms with Crippen molar-refractivity contribution < 1.29 is 14.3 Å². The summed E-state index contributed by atoms with van der Waals surface area (Å²) < 4.78 is 13.6. The third kappa shape index (κ3) is 4.72. The fraction of sp³-hybridized carbons (Fsp3) is 0.190. The molecule has 2 heterocycles. The molecule has 1 N–H and O–H groups in total. The van der Waals surface area contributed by atoms with E-state index in [1.54, 1.807) is 26.5 Å². The van der Waals surface area contributed by atoms with Crippen molar-refractivity contribution in [2.24, 2.45) is 5.10 Å². The fourth-order valence-corrected chi connectivity index (χ4v) is 3.53. The molecule has 1 amide bonds. The molecule has 0 spiro atoms. The number of rotatable bonds is 8. The van der Waals surface area contributed by atoms with E-state index in [9.17, 15) is 4.79 Å². The molecule has 0 aliphatic heterocycles. The van der Waals surface area contributed by atoms with E-state index in [0.29, 0.717) is 22.4 Å². The standard InChI is InChI=1S/C21H21N7O3S/c1-14-4-7-16(8-5-14)24-19(29)12-32-21-26-25-20-27(13-23-28(20)21)22-11-15-6-9-17(30-2)18(10-15)31-3/h4-11,13H,12H2,1-3H3,(H,24,29)/b22-11-. The predicted molar refractivity (Wildman–Crippen MR) is 122 cm³/mol. The normalized spacial score (nSPS) is 11.2. The minimum Gasteiger partial charge on any atom is -0.493 e. The van der Waals surface area contributed by atoms with Crippen LogP contribution in [0.4, 0.5) is 5.69 Å². The summed E-state index contributed by atoms with van der Waals surface area (Å²) in [6, 6.07) is 13.1. The van der Waals surface area contributed by atoms with Crippen LogP contribution >= 0.6 is 11.8 Å². The predicted octanol–water partition coefficient (Wildman–Crippen LogP) is 2.86. The number of methoxy groups -OCH3 is 2. The summed E-state index contributed by atoms with van der Waals surface area (Å²) in [4.78, 5) is 12.2. The molecule has 32 heavy (non-hydrogen) atoms. The summed E-state index contributed by atoms with van der Waals surface area (Å²) in [7, 11) is 3.16. The molecule has 0 atom stereocenters. The second-order valence-electron chi connectivity index (χ2n) is 6.73. The number of aryl methyl sites for hydroxylation is 1. The van der Waals surface area contributed by atoms with Gasteiger partial charge in [-0.25, -0.2) is 0 Å². The van der Waals surface area contributed by atoms with Gasteiger partial charge in [0.2, 0.25) is 11.1 Å². The molecule has 4 rings (SSSR count). The van der Waals surface area contributed by atoms with E-state index in [2.05, 4.69) is 25.7 Å². The molecule has 4 aromatic rings. The number of aromatic nitrogens is 5. The van der Waals surface area contributed by atoms with Gasteiger partial charge in [0.25, 0.3) is 5.78 Å². The number of hydrogen-bond donors (Lipinski definition) is 1. The first kappa shape index (κ1) is 21.4. The molecule has 0 aliphatic rings. The Balaban J connectivity index is 1.42. The minimum atomic E-state index is -0.137. The van der Waals surface area contributed by atoms with E-state index >= 15 is 0 Å². The lowest BCUT2D eigenvalue weighted by atomic mass is 10.2. The van der Waals surface area contributed by atoms with Gasteiger partial charge in [-0.15, -0.1) is 10.2 Å². The number of thioether (sulfide) groups is 1. The summed E-state index contributed by atoms with van der Waals surface area (Å²) in [5.74, 6) is 1.72. The van der Waals surface area contributed by atoms with E-state index in [1.807, 2.05) is 43.3 Å². The first-order valence-corrected chi connectivity index (χ1v) is 10.6. The van der Waals surface area contributed by atoms with E-state index in [1.165, 1.54) is 27.3 Å². The second kappa shape index (κ2) is 9.52. The molecule has 0 aliphatic carbocycles. The topological polar surface area (TPSA) is 108 Å². The van der Waals surface area contributed by atoms with Crippen molar-refractivity contribution in [3.63, 3.8) is 0 Å². The number of carbonyl (C=O) groups is 1. The van der Waals surface area contributed by atoms with Gasteiger partial charge in [-0.3, -0.25) is 4.79 Å². The average molecular weight is 452 g/mol. The molecule has 2 aromatic carbocycles. The van der Waals surface area contributed by atoms with Crippen LogP contribution in [0.1, 0.15) is 11.1 Å². The molecular formula is C21H21N7O3S. The highest BCUT2D eigenvalue weighted by atomic mass is 32.2. The van der Waals surface area contributed by atoms with Crippen molar-refractivity contribution >= 4 is 35.3 Å². The van der Waals surface area contributed by atoms with E-state index in [4.69, 9.17) is 9.47 Å². The highest BCUT2D eigenvalue weighted by Gasteiger charge is 2.13. The lowest BCUT2D eigenvalue weighted by Crippen LogP contribution is -2.14. The van der Waals surface area contributed by atoms with E-state index in [-0.39, 0.29) is 11.7 Å². The fourth-order valence-electron chi connectivity index (χ4n) is 2.85. The lowest BCUT2D eigenvalue weighted by Gasteiger charge is -2.07. The van der Waals surface area contributed by atoms with Crippen LogP contribution in [0.5, 0.6) is 11.5 Å². The Morgan fingerprint density at radius 2 is 1.91 bits per heavy atom. The number of nitrogens with zero attached hydrogens (tertiary/aromatic N) is 6. The zero-order chi connectivity index (χ0) is 22.5. The number of benzene rings is 2. The van der Waals surface area contributed by atoms with Crippen LogP contribution in [-0.4, -0.2) is 56.6 Å². The van der Waals surface area contributed by atoms with Gasteiger partial charge in [0, 0.05) is 5.69 Å². The number of carbonyl (C=O) groups excluding carboxylic acids is 1. The van der Waals surface area contributed by atoms with Gasteiger partial charge in [-0.05, 0) is 42.8 Å². The Kier molecular flexibility index (Phi) is 6.36. The monoisotopic (exact) mass is 451 g/mol. The Labute approximate surface area is 188 Å². The first-order valence-electron chi connectivity index (χ1n) is 9.62. The van der Waals surface area contributed by atoms with Gasteiger partial charge in [0.1, 0.15) is 6.33 Å². The molecule has 0 bridgehead atoms. The second-order valence-corrected chi connectivity index (χ2v) is 7.67. The first-order chi connectivity index (χ1) is 15.6. The Morgan fingerprint density at radius 3 is 2.66 bits per heavy atom. The minimum absolute atomic E-state index is 0.137. The van der Waals surface area contributed by atoms with Gasteiger partial charge in [-0.2, -0.15) is 19.4 Å². The van der Waals surface area contributed by atoms with Gasteiger partial charge >= 0.3 is 0 Å². The van der Waals surface area contributed by atoms with Crippen molar-refractivity contribution in [2.75, 3.05) is 25.3 Å². The highest BCUT2D eigenvalue weighted by molar-refractivity contribution is 7.99. The van der Waals surface area contributed by atoms with Crippen LogP contribution in [0, 0.1) is 6.92 Å². The zero-order valence-corrected chi connectivity index (χ0v) is 18.5. The van der Waals surface area contributed by atoms with Gasteiger partial charge in [-0.1, -0.05) is 29.5 Å². The third-order valence-corrected chi connectivity index (χ3v) is 5.40. The Bertz CT molecular complexity index is 1260. The van der Waals surface area contributed by atoms with E-state index in [0.717, 1.165) is 16.8 Å². The molecule has 10 nitrogen and oxygen atoms in total. The maximum Gasteiger partial charge on any atom is 0.275 e. The molecule has 0 fully saturated rings. The molecule has 0 saturated heterocycles. The SMILES string of the molecule is COc1ccc(/C=N\n2cnn3c(SCC(=O)Nc4ccc(C)cc4)nnc23)cc1OC. The van der Waals surface area contributed by atoms with E-state index < -0.39 is 0 Å². The molecule has 0 unspecified atom stereocenters. The number of fused-ring (bicyclic) bond motifs is 1. The molecule has 2 aromatic heterocycles. The van der Waals surface area contributed by atoms with Crippen molar-refractivity contribution in [1.82, 2.24) is 24.5 Å². The van der Waals surface area contributed by atoms with Crippen molar-refractivity contribution in [3.8, 4) is 11.5 Å². The quantitative estimate of drug-likeness (QED) is 0.324. The maximum absolute atomic E-state index is 12.2. The van der Waals surface area contributed by atoms with Crippen LogP contribution in [0.3, 0.4) is 0 Å². The van der Waals surface area contributed by atoms with Crippen LogP contribution in [0.2, 0.25) is 0 Å². The summed E-state index contributed by atoms with van der Waals surface area (Å²) in [6.45, 7) is 2.00. The number of ether oxygens (including phenoxy) is 2. The van der Waals surface area contributed by atoms with Crippen LogP contribution in [0.25, 0.3) is 5.78 Å². The number of nitrogens with one attached hydrogen (secondary N) is 1. The molecule has 0 radical (unpaired) electrons. The zero-order valence-electron chi connectivity index (χ0n) is 17.7. The highest BCUT2D eigenvalue weighted by Crippen LogP contribution is 2.27. The smallest absolute Gasteiger partial charge is 0.275 e. The Morgan fingerprint density at radius 1 is 1.12 bits per heavy atom. The summed E-state index contributed by atoms with van der Waals surface area (Å²) in [5, 5.41) is 20.2. The lowest BCUT2D eigenvalue weighted by molar-refractivity contribution is -0.113. The molecular weight excluding hydrogens is 430 g/mol. The third-order valence-electron chi connectivity index (χ3n) is 4.48. The molecule has 164 valence electrons. The maximum atomic E-state index is 12.2. The van der Waals surface area contributed by atoms with Crippen LogP contribution in [0.15, 0.2) is 59.0 Å². The van der Waals surface area contributed by atoms with Gasteiger partial charge in [0.15, 0.2) is 11.5 Å². The summed E-state index contributed by atoms with van der Waals surface area (Å²) >= 11 is 1.24. The average Bonchev–Trinajstić information content (AvgIpc) is 3.40. The summed E-state index contributed by atoms with van der Waals surface area (Å²) in [5.41, 5.74) is 2.70. The van der Waals surface area contributed by atoms with Gasteiger partial charge < -0.3 is 14.8 Å². The van der Waals surface area contributed by atoms with Crippen LogP contribution in [-0.2, 0) is 4.79 Å². The summed E-state index contributed by atoms with van der Waals surface area (Å²) in [6.07, 6.45) is 3.18. The van der Waals surface area contributed by atoms with Crippen molar-refractivity contribution in [2.45, 2.75) is 12.1 Å². The largest absolute Gasteiger partial charge is 0.493 e. The Hall–Kier alpha value is -3.86. The van der Waals surface area contributed by atoms with Crippen molar-refractivity contribution in [3.05, 3.63) is 59.9 Å².